The van der Waals surface area contributed by atoms with Gasteiger partial charge in [0.2, 0.25) is 0 Å². The number of esters is 1. The molecular weight excluding hydrogens is 312 g/mol. The van der Waals surface area contributed by atoms with E-state index in [0.29, 0.717) is 0 Å². The van der Waals surface area contributed by atoms with Crippen LogP contribution in [0.1, 0.15) is 31.2 Å². The summed E-state index contributed by atoms with van der Waals surface area (Å²) in [5, 5.41) is 1.92. The molecule has 1 N–H and O–H groups in total. The largest absolute Gasteiger partial charge is 0.469 e. The predicted molar refractivity (Wildman–Crippen MR) is 83.2 cm³/mol. The lowest BCUT2D eigenvalue weighted by atomic mass is 10.0. The molecule has 1 unspecified atom stereocenters. The minimum Gasteiger partial charge on any atom is -0.469 e. The number of hydrogen-bond acceptors (Lipinski definition) is 5. The highest BCUT2D eigenvalue weighted by Crippen LogP contribution is 2.26. The van der Waals surface area contributed by atoms with Crippen molar-refractivity contribution in [2.45, 2.75) is 26.3 Å². The van der Waals surface area contributed by atoms with Gasteiger partial charge in [-0.05, 0) is 17.4 Å². The van der Waals surface area contributed by atoms with E-state index < -0.39 is 16.2 Å². The van der Waals surface area contributed by atoms with Crippen LogP contribution >= 0.6 is 11.3 Å². The van der Waals surface area contributed by atoms with Gasteiger partial charge in [0.25, 0.3) is 10.2 Å². The molecule has 0 aliphatic carbocycles. The third kappa shape index (κ3) is 5.39. The molecule has 21 heavy (non-hydrogen) atoms. The number of methoxy groups -OCH3 is 1. The van der Waals surface area contributed by atoms with Gasteiger partial charge in [0.15, 0.2) is 0 Å². The molecule has 0 saturated carbocycles. The zero-order valence-corrected chi connectivity index (χ0v) is 14.3. The second-order valence-corrected chi connectivity index (χ2v) is 7.80. The van der Waals surface area contributed by atoms with E-state index in [1.165, 1.54) is 25.5 Å². The Labute approximate surface area is 130 Å². The Kier molecular flexibility index (Phi) is 6.79. The summed E-state index contributed by atoms with van der Waals surface area (Å²) in [4.78, 5) is 12.1. The van der Waals surface area contributed by atoms with Gasteiger partial charge in [-0.2, -0.15) is 17.4 Å². The van der Waals surface area contributed by atoms with E-state index in [1.807, 2.05) is 31.4 Å². The van der Waals surface area contributed by atoms with Crippen LogP contribution in [0.25, 0.3) is 0 Å². The molecule has 1 rings (SSSR count). The summed E-state index contributed by atoms with van der Waals surface area (Å²) in [5.74, 6) is -0.317. The van der Waals surface area contributed by atoms with Crippen molar-refractivity contribution in [3.8, 4) is 0 Å². The van der Waals surface area contributed by atoms with Gasteiger partial charge in [-0.3, -0.25) is 4.79 Å². The van der Waals surface area contributed by atoms with Crippen molar-refractivity contribution in [2.75, 3.05) is 20.7 Å². The molecule has 1 aromatic heterocycles. The molecule has 120 valence electrons. The van der Waals surface area contributed by atoms with Crippen LogP contribution in [0.5, 0.6) is 0 Å². The number of ether oxygens (including phenoxy) is 1. The van der Waals surface area contributed by atoms with Crippen LogP contribution < -0.4 is 4.72 Å². The summed E-state index contributed by atoms with van der Waals surface area (Å²) >= 11 is 1.51. The van der Waals surface area contributed by atoms with Gasteiger partial charge in [0.1, 0.15) is 0 Å². The summed E-state index contributed by atoms with van der Waals surface area (Å²) in [5.41, 5.74) is 0. The molecule has 0 aromatic carbocycles. The number of nitrogens with one attached hydrogen (secondary N) is 1. The lowest BCUT2D eigenvalue weighted by molar-refractivity contribution is -0.140. The number of carbonyl (C=O) groups is 1. The van der Waals surface area contributed by atoms with Crippen LogP contribution in [-0.4, -0.2) is 39.4 Å². The van der Waals surface area contributed by atoms with Gasteiger partial charge in [0.05, 0.1) is 19.6 Å². The molecule has 0 radical (unpaired) electrons. The number of carbonyl (C=O) groups excluding carboxylic acids is 1. The van der Waals surface area contributed by atoms with E-state index in [1.54, 1.807) is 0 Å². The van der Waals surface area contributed by atoms with Crippen LogP contribution in [0.2, 0.25) is 0 Å². The first-order valence-electron chi connectivity index (χ1n) is 6.61. The van der Waals surface area contributed by atoms with Crippen molar-refractivity contribution >= 4 is 27.5 Å². The van der Waals surface area contributed by atoms with Crippen LogP contribution in [0.15, 0.2) is 17.5 Å². The van der Waals surface area contributed by atoms with Crippen LogP contribution in [0, 0.1) is 5.92 Å². The van der Waals surface area contributed by atoms with E-state index >= 15 is 0 Å². The summed E-state index contributed by atoms with van der Waals surface area (Å²) < 4.78 is 33.0. The average molecular weight is 334 g/mol. The molecule has 1 atom stereocenters. The molecular formula is C13H22N2O4S2. The standard InChI is InChI=1S/C13H22N2O4S2/c1-10(2)13(11-6-5-9-20-11)14-21(17,18)15(3)8-7-12(16)19-4/h5-6,9-10,13-14H,7-8H2,1-4H3. The number of hydrogen-bond donors (Lipinski definition) is 1. The van der Waals surface area contributed by atoms with E-state index in [9.17, 15) is 13.2 Å². The average Bonchev–Trinajstić information content (AvgIpc) is 2.95. The van der Waals surface area contributed by atoms with E-state index in [4.69, 9.17) is 0 Å². The highest BCUT2D eigenvalue weighted by Gasteiger charge is 2.26. The van der Waals surface area contributed by atoms with E-state index in [2.05, 4.69) is 9.46 Å². The molecule has 1 aromatic rings. The molecule has 0 spiro atoms. The number of rotatable bonds is 8. The van der Waals surface area contributed by atoms with Gasteiger partial charge in [-0.15, -0.1) is 11.3 Å². The number of nitrogens with zero attached hydrogens (tertiary/aromatic N) is 1. The predicted octanol–water partition coefficient (Wildman–Crippen LogP) is 1.77. The molecule has 0 bridgehead atoms. The fourth-order valence-corrected chi connectivity index (χ4v) is 3.97. The van der Waals surface area contributed by atoms with Crippen molar-refractivity contribution in [1.29, 1.82) is 0 Å². The van der Waals surface area contributed by atoms with E-state index in [0.717, 1.165) is 9.18 Å². The Balaban J connectivity index is 2.75. The minimum atomic E-state index is -3.65. The van der Waals surface area contributed by atoms with Crippen molar-refractivity contribution in [3.05, 3.63) is 22.4 Å². The van der Waals surface area contributed by atoms with Crippen molar-refractivity contribution in [1.82, 2.24) is 9.03 Å². The normalized spacial score (nSPS) is 13.6. The van der Waals surface area contributed by atoms with Gasteiger partial charge in [0, 0.05) is 18.5 Å². The summed E-state index contributed by atoms with van der Waals surface area (Å²) in [7, 11) is -0.932. The van der Waals surface area contributed by atoms with E-state index in [-0.39, 0.29) is 24.9 Å². The van der Waals surface area contributed by atoms with Gasteiger partial charge in [-0.1, -0.05) is 19.9 Å². The Morgan fingerprint density at radius 3 is 2.62 bits per heavy atom. The van der Waals surface area contributed by atoms with Gasteiger partial charge < -0.3 is 4.74 Å². The van der Waals surface area contributed by atoms with Gasteiger partial charge in [-0.25, -0.2) is 0 Å². The topological polar surface area (TPSA) is 75.7 Å². The smallest absolute Gasteiger partial charge is 0.306 e. The van der Waals surface area contributed by atoms with Crippen LogP contribution in [0.4, 0.5) is 0 Å². The maximum Gasteiger partial charge on any atom is 0.306 e. The third-order valence-corrected chi connectivity index (χ3v) is 5.57. The minimum absolute atomic E-state index is 0.0270. The first-order valence-corrected chi connectivity index (χ1v) is 8.93. The lowest BCUT2D eigenvalue weighted by Crippen LogP contribution is -2.42. The summed E-state index contributed by atoms with van der Waals surface area (Å²) in [6.07, 6.45) is 0.0270. The Morgan fingerprint density at radius 2 is 2.14 bits per heavy atom. The molecule has 1 heterocycles. The first-order chi connectivity index (χ1) is 9.77. The molecule has 6 nitrogen and oxygen atoms in total. The molecule has 0 amide bonds. The maximum atomic E-state index is 12.3. The van der Waals surface area contributed by atoms with Crippen LogP contribution in [0.3, 0.4) is 0 Å². The second-order valence-electron chi connectivity index (χ2n) is 5.01. The zero-order valence-electron chi connectivity index (χ0n) is 12.7. The maximum absolute atomic E-state index is 12.3. The molecule has 0 fully saturated rings. The van der Waals surface area contributed by atoms with Gasteiger partial charge >= 0.3 is 5.97 Å². The van der Waals surface area contributed by atoms with Crippen molar-refractivity contribution in [2.24, 2.45) is 5.92 Å². The monoisotopic (exact) mass is 334 g/mol. The SMILES string of the molecule is COC(=O)CCN(C)S(=O)(=O)NC(c1cccs1)C(C)C. The molecule has 0 aliphatic heterocycles. The second kappa shape index (κ2) is 7.88. The molecule has 8 heteroatoms. The highest BCUT2D eigenvalue weighted by atomic mass is 32.2. The van der Waals surface area contributed by atoms with Crippen molar-refractivity contribution in [3.63, 3.8) is 0 Å². The summed E-state index contributed by atoms with van der Waals surface area (Å²) in [6, 6.07) is 3.52. The molecule has 0 saturated heterocycles. The first kappa shape index (κ1) is 18.1. The Morgan fingerprint density at radius 1 is 1.48 bits per heavy atom. The Bertz CT molecular complexity index is 541. The van der Waals surface area contributed by atoms with Crippen molar-refractivity contribution < 1.29 is 17.9 Å². The fraction of sp³-hybridized carbons (Fsp3) is 0.615. The molecule has 0 aliphatic rings. The fourth-order valence-electron chi connectivity index (χ4n) is 1.71. The zero-order chi connectivity index (χ0) is 16.0. The van der Waals surface area contributed by atoms with Crippen LogP contribution in [-0.2, 0) is 19.7 Å². The number of thiophene rings is 1. The lowest BCUT2D eigenvalue weighted by Gasteiger charge is -2.25. The summed E-state index contributed by atoms with van der Waals surface area (Å²) in [6.45, 7) is 4.00. The quantitative estimate of drug-likeness (QED) is 0.735. The third-order valence-electron chi connectivity index (χ3n) is 3.06. The Hall–Kier alpha value is -0.960. The highest BCUT2D eigenvalue weighted by molar-refractivity contribution is 7.87.